The predicted molar refractivity (Wildman–Crippen MR) is 67.9 cm³/mol. The number of aryl methyl sites for hydroxylation is 1. The fourth-order valence-corrected chi connectivity index (χ4v) is 2.22. The van der Waals surface area contributed by atoms with Gasteiger partial charge in [-0.3, -0.25) is 0 Å². The van der Waals surface area contributed by atoms with Crippen LogP contribution in [0.3, 0.4) is 0 Å². The first kappa shape index (κ1) is 11.5. The highest BCUT2D eigenvalue weighted by Gasteiger charge is 2.31. The molecule has 0 aliphatic carbocycles. The van der Waals surface area contributed by atoms with Crippen molar-refractivity contribution in [1.82, 2.24) is 0 Å². The van der Waals surface area contributed by atoms with Gasteiger partial charge in [0.1, 0.15) is 0 Å². The first-order valence-corrected chi connectivity index (χ1v) is 6.04. The van der Waals surface area contributed by atoms with E-state index < -0.39 is 0 Å². The fraction of sp³-hybridized carbons (Fsp3) is 0.571. The van der Waals surface area contributed by atoms with Crippen molar-refractivity contribution in [2.24, 2.45) is 0 Å². The number of hydrogen-bond donors (Lipinski definition) is 1. The van der Waals surface area contributed by atoms with Crippen molar-refractivity contribution < 1.29 is 4.74 Å². The Bertz CT molecular complexity index is 360. The zero-order valence-electron chi connectivity index (χ0n) is 10.4. The molecule has 1 atom stereocenters. The summed E-state index contributed by atoms with van der Waals surface area (Å²) in [6.45, 7) is 7.37. The summed E-state index contributed by atoms with van der Waals surface area (Å²) in [4.78, 5) is 0. The molecule has 1 unspecified atom stereocenters. The lowest BCUT2D eigenvalue weighted by atomic mass is 10.1. The predicted octanol–water partition coefficient (Wildman–Crippen LogP) is 3.36. The summed E-state index contributed by atoms with van der Waals surface area (Å²) in [7, 11) is 0. The van der Waals surface area contributed by atoms with Gasteiger partial charge in [0, 0.05) is 12.2 Å². The fourth-order valence-electron chi connectivity index (χ4n) is 2.22. The smallest absolute Gasteiger partial charge is 0.0755 e. The molecule has 0 amide bonds. The molecule has 0 bridgehead atoms. The van der Waals surface area contributed by atoms with Crippen LogP contribution in [0.4, 0.5) is 5.69 Å². The van der Waals surface area contributed by atoms with Crippen LogP contribution in [0.25, 0.3) is 0 Å². The summed E-state index contributed by atoms with van der Waals surface area (Å²) in [6, 6.07) is 8.38. The number of ether oxygens (including phenoxy) is 1. The molecular weight excluding hydrogens is 198 g/mol. The van der Waals surface area contributed by atoms with Crippen LogP contribution in [0.2, 0.25) is 0 Å². The van der Waals surface area contributed by atoms with Crippen LogP contribution in [0, 0.1) is 6.92 Å². The van der Waals surface area contributed by atoms with Gasteiger partial charge in [-0.05, 0) is 45.2 Å². The number of nitrogens with one attached hydrogen (secondary N) is 1. The molecule has 0 saturated carbocycles. The number of anilines is 1. The minimum atomic E-state index is 0.0675. The van der Waals surface area contributed by atoms with E-state index in [1.165, 1.54) is 11.3 Å². The van der Waals surface area contributed by atoms with Gasteiger partial charge < -0.3 is 10.1 Å². The van der Waals surface area contributed by atoms with Gasteiger partial charge in [-0.2, -0.15) is 0 Å². The molecule has 2 heteroatoms. The lowest BCUT2D eigenvalue weighted by Gasteiger charge is -2.20. The number of benzene rings is 1. The maximum atomic E-state index is 5.95. The Hall–Kier alpha value is -1.02. The number of hydrogen-bond acceptors (Lipinski definition) is 2. The Balaban J connectivity index is 1.87. The summed E-state index contributed by atoms with van der Waals surface area (Å²) in [5.41, 5.74) is 2.58. The average Bonchev–Trinajstić information content (AvgIpc) is 2.57. The van der Waals surface area contributed by atoms with E-state index in [1.54, 1.807) is 0 Å². The Labute approximate surface area is 98.0 Å². The second-order valence-corrected chi connectivity index (χ2v) is 5.23. The molecule has 0 spiro atoms. The van der Waals surface area contributed by atoms with Crippen molar-refractivity contribution in [1.29, 1.82) is 0 Å². The molecule has 1 saturated heterocycles. The number of rotatable bonds is 3. The summed E-state index contributed by atoms with van der Waals surface area (Å²) < 4.78 is 5.95. The van der Waals surface area contributed by atoms with Gasteiger partial charge in [-0.15, -0.1) is 0 Å². The van der Waals surface area contributed by atoms with Gasteiger partial charge >= 0.3 is 0 Å². The molecule has 0 radical (unpaired) electrons. The lowest BCUT2D eigenvalue weighted by Crippen LogP contribution is -2.24. The summed E-state index contributed by atoms with van der Waals surface area (Å²) in [5, 5.41) is 3.47. The van der Waals surface area contributed by atoms with E-state index in [1.807, 2.05) is 0 Å². The third kappa shape index (κ3) is 2.76. The van der Waals surface area contributed by atoms with E-state index in [0.29, 0.717) is 6.10 Å². The van der Waals surface area contributed by atoms with Crippen molar-refractivity contribution in [3.05, 3.63) is 29.8 Å². The number of para-hydroxylation sites is 1. The highest BCUT2D eigenvalue weighted by molar-refractivity contribution is 5.50. The van der Waals surface area contributed by atoms with E-state index >= 15 is 0 Å². The van der Waals surface area contributed by atoms with Crippen LogP contribution in [0.15, 0.2) is 24.3 Å². The van der Waals surface area contributed by atoms with Crippen LogP contribution in [-0.4, -0.2) is 18.2 Å². The van der Waals surface area contributed by atoms with Crippen LogP contribution in [0.5, 0.6) is 0 Å². The van der Waals surface area contributed by atoms with Crippen molar-refractivity contribution in [2.75, 3.05) is 11.9 Å². The molecule has 2 rings (SSSR count). The average molecular weight is 219 g/mol. The Morgan fingerprint density at radius 2 is 2.12 bits per heavy atom. The van der Waals surface area contributed by atoms with E-state index in [4.69, 9.17) is 4.74 Å². The molecule has 1 fully saturated rings. The van der Waals surface area contributed by atoms with Gasteiger partial charge in [-0.25, -0.2) is 0 Å². The van der Waals surface area contributed by atoms with Gasteiger partial charge in [0.05, 0.1) is 11.7 Å². The molecule has 2 nitrogen and oxygen atoms in total. The van der Waals surface area contributed by atoms with Gasteiger partial charge in [-0.1, -0.05) is 18.2 Å². The van der Waals surface area contributed by atoms with Crippen LogP contribution in [-0.2, 0) is 4.74 Å². The monoisotopic (exact) mass is 219 g/mol. The molecule has 1 aliphatic heterocycles. The van der Waals surface area contributed by atoms with Crippen molar-refractivity contribution in [2.45, 2.75) is 45.3 Å². The third-order valence-electron chi connectivity index (χ3n) is 3.22. The van der Waals surface area contributed by atoms with Crippen LogP contribution in [0.1, 0.15) is 32.3 Å². The highest BCUT2D eigenvalue weighted by Crippen LogP contribution is 2.29. The zero-order valence-corrected chi connectivity index (χ0v) is 10.4. The van der Waals surface area contributed by atoms with Crippen molar-refractivity contribution in [3.63, 3.8) is 0 Å². The lowest BCUT2D eigenvalue weighted by molar-refractivity contribution is -0.00911. The molecule has 1 N–H and O–H groups in total. The molecule has 1 aliphatic rings. The van der Waals surface area contributed by atoms with Crippen molar-refractivity contribution >= 4 is 5.69 Å². The molecule has 1 aromatic carbocycles. The SMILES string of the molecule is Cc1ccccc1NCC1CCC(C)(C)O1. The van der Waals surface area contributed by atoms with E-state index in [-0.39, 0.29) is 5.60 Å². The van der Waals surface area contributed by atoms with E-state index in [9.17, 15) is 0 Å². The third-order valence-corrected chi connectivity index (χ3v) is 3.22. The molecule has 0 aromatic heterocycles. The second kappa shape index (κ2) is 4.46. The van der Waals surface area contributed by atoms with E-state index in [2.05, 4.69) is 50.4 Å². The summed E-state index contributed by atoms with van der Waals surface area (Å²) in [6.07, 6.45) is 2.67. The maximum Gasteiger partial charge on any atom is 0.0755 e. The van der Waals surface area contributed by atoms with Crippen LogP contribution >= 0.6 is 0 Å². The Morgan fingerprint density at radius 3 is 2.75 bits per heavy atom. The zero-order chi connectivity index (χ0) is 11.6. The van der Waals surface area contributed by atoms with Gasteiger partial charge in [0.25, 0.3) is 0 Å². The topological polar surface area (TPSA) is 21.3 Å². The summed E-state index contributed by atoms with van der Waals surface area (Å²) in [5.74, 6) is 0. The molecule has 1 heterocycles. The maximum absolute atomic E-state index is 5.95. The Kier molecular flexibility index (Phi) is 3.20. The first-order chi connectivity index (χ1) is 7.57. The van der Waals surface area contributed by atoms with Gasteiger partial charge in [0.15, 0.2) is 0 Å². The standard InChI is InChI=1S/C14H21NO/c1-11-6-4-5-7-13(11)15-10-12-8-9-14(2,3)16-12/h4-7,12,15H,8-10H2,1-3H3. The summed E-state index contributed by atoms with van der Waals surface area (Å²) >= 11 is 0. The van der Waals surface area contributed by atoms with Gasteiger partial charge in [0.2, 0.25) is 0 Å². The molecule has 1 aromatic rings. The molecular formula is C14H21NO. The van der Waals surface area contributed by atoms with Crippen molar-refractivity contribution in [3.8, 4) is 0 Å². The highest BCUT2D eigenvalue weighted by atomic mass is 16.5. The van der Waals surface area contributed by atoms with E-state index in [0.717, 1.165) is 19.4 Å². The van der Waals surface area contributed by atoms with Crippen LogP contribution < -0.4 is 5.32 Å². The second-order valence-electron chi connectivity index (χ2n) is 5.23. The molecule has 16 heavy (non-hydrogen) atoms. The minimum absolute atomic E-state index is 0.0675. The minimum Gasteiger partial charge on any atom is -0.382 e. The largest absolute Gasteiger partial charge is 0.382 e. The first-order valence-electron chi connectivity index (χ1n) is 6.04. The quantitative estimate of drug-likeness (QED) is 0.841. The molecule has 88 valence electrons. The normalized spacial score (nSPS) is 23.3. The Morgan fingerprint density at radius 1 is 1.38 bits per heavy atom.